The van der Waals surface area contributed by atoms with E-state index in [0.29, 0.717) is 13.2 Å². The van der Waals surface area contributed by atoms with E-state index in [4.69, 9.17) is 4.74 Å². The summed E-state index contributed by atoms with van der Waals surface area (Å²) in [7, 11) is 5.64. The number of rotatable bonds is 7. The van der Waals surface area contributed by atoms with Crippen LogP contribution in [0.15, 0.2) is 35.6 Å². The molecular weight excluding hydrogens is 431 g/mol. The second-order valence-electron chi connectivity index (χ2n) is 5.60. The molecule has 0 saturated carbocycles. The van der Waals surface area contributed by atoms with Gasteiger partial charge in [-0.15, -0.1) is 24.0 Å². The fourth-order valence-corrected chi connectivity index (χ4v) is 2.31. The van der Waals surface area contributed by atoms with Gasteiger partial charge in [0.2, 0.25) is 0 Å². The zero-order chi connectivity index (χ0) is 17.4. The molecule has 7 nitrogen and oxygen atoms in total. The molecule has 0 aliphatic rings. The summed E-state index contributed by atoms with van der Waals surface area (Å²) in [6.07, 6.45) is 2.45. The van der Waals surface area contributed by atoms with Crippen molar-refractivity contribution in [3.05, 3.63) is 42.0 Å². The largest absolute Gasteiger partial charge is 0.493 e. The number of halogens is 1. The lowest BCUT2D eigenvalue weighted by atomic mass is 10.2. The fourth-order valence-electron chi connectivity index (χ4n) is 2.31. The van der Waals surface area contributed by atoms with Crippen LogP contribution in [0.25, 0.3) is 0 Å². The number of hydrogen-bond donors (Lipinski definition) is 1. The van der Waals surface area contributed by atoms with Crippen LogP contribution in [-0.2, 0) is 13.6 Å². The Bertz CT molecular complexity index is 673. The number of benzene rings is 1. The third-order valence-electron chi connectivity index (χ3n) is 3.71. The fraction of sp³-hybridized carbons (Fsp3) is 0.471. The van der Waals surface area contributed by atoms with Crippen molar-refractivity contribution >= 4 is 29.9 Å². The Morgan fingerprint density at radius 2 is 2.12 bits per heavy atom. The van der Waals surface area contributed by atoms with Gasteiger partial charge in [-0.3, -0.25) is 9.67 Å². The quantitative estimate of drug-likeness (QED) is 0.298. The lowest BCUT2D eigenvalue weighted by Gasteiger charge is -2.21. The molecule has 0 saturated heterocycles. The monoisotopic (exact) mass is 458 g/mol. The van der Waals surface area contributed by atoms with Crippen LogP contribution in [0.5, 0.6) is 5.75 Å². The molecule has 0 radical (unpaired) electrons. The molecule has 1 heterocycles. The van der Waals surface area contributed by atoms with Crippen molar-refractivity contribution in [3.8, 4) is 5.75 Å². The number of guanidine groups is 1. The van der Waals surface area contributed by atoms with E-state index in [2.05, 4.69) is 33.4 Å². The van der Waals surface area contributed by atoms with Crippen LogP contribution in [0.1, 0.15) is 17.8 Å². The number of aromatic nitrogens is 3. The van der Waals surface area contributed by atoms with E-state index < -0.39 is 0 Å². The summed E-state index contributed by atoms with van der Waals surface area (Å²) >= 11 is 0. The van der Waals surface area contributed by atoms with Gasteiger partial charge >= 0.3 is 0 Å². The number of nitrogens with one attached hydrogen (secondary N) is 1. The summed E-state index contributed by atoms with van der Waals surface area (Å²) in [5.41, 5.74) is 1.16. The Morgan fingerprint density at radius 3 is 2.76 bits per heavy atom. The minimum absolute atomic E-state index is 0. The number of aliphatic imine (C=N–C) groups is 1. The first-order valence-electron chi connectivity index (χ1n) is 8.05. The van der Waals surface area contributed by atoms with Crippen LogP contribution < -0.4 is 10.1 Å². The first kappa shape index (κ1) is 21.2. The van der Waals surface area contributed by atoms with E-state index in [1.165, 1.54) is 0 Å². The van der Waals surface area contributed by atoms with Crippen molar-refractivity contribution in [1.29, 1.82) is 0 Å². The molecule has 2 rings (SSSR count). The van der Waals surface area contributed by atoms with Crippen molar-refractivity contribution in [2.24, 2.45) is 12.0 Å². The molecule has 8 heteroatoms. The Balaban J connectivity index is 0.00000312. The van der Waals surface area contributed by atoms with Gasteiger partial charge in [0.1, 0.15) is 17.9 Å². The topological polar surface area (TPSA) is 67.6 Å². The summed E-state index contributed by atoms with van der Waals surface area (Å²) in [5.74, 6) is 2.67. The lowest BCUT2D eigenvalue weighted by Crippen LogP contribution is -2.39. The van der Waals surface area contributed by atoms with Crippen LogP contribution in [0.2, 0.25) is 0 Å². The van der Waals surface area contributed by atoms with Gasteiger partial charge < -0.3 is 15.0 Å². The Hall–Kier alpha value is -1.84. The summed E-state index contributed by atoms with van der Waals surface area (Å²) in [6.45, 7) is 4.16. The van der Waals surface area contributed by atoms with Gasteiger partial charge in [0.05, 0.1) is 13.2 Å². The van der Waals surface area contributed by atoms with Crippen molar-refractivity contribution < 1.29 is 4.74 Å². The van der Waals surface area contributed by atoms with Crippen LogP contribution in [0, 0.1) is 6.92 Å². The van der Waals surface area contributed by atoms with Crippen LogP contribution in [-0.4, -0.2) is 52.9 Å². The molecule has 0 amide bonds. The minimum atomic E-state index is 0. The molecule has 138 valence electrons. The van der Waals surface area contributed by atoms with Gasteiger partial charge in [-0.25, -0.2) is 4.98 Å². The summed E-state index contributed by atoms with van der Waals surface area (Å²) in [4.78, 5) is 10.6. The second-order valence-corrected chi connectivity index (χ2v) is 5.60. The molecule has 1 aromatic carbocycles. The van der Waals surface area contributed by atoms with Gasteiger partial charge in [0.25, 0.3) is 0 Å². The highest BCUT2D eigenvalue weighted by atomic mass is 127. The molecule has 0 aliphatic heterocycles. The van der Waals surface area contributed by atoms with Crippen molar-refractivity contribution in [3.63, 3.8) is 0 Å². The standard InChI is InChI=1S/C17H26N6O.HI/c1-14-8-5-6-9-15(14)24-11-7-10-19-17(18-2)22(3)12-16-20-13-21-23(16)4;/h5-6,8-9,13H,7,10-12H2,1-4H3,(H,18,19);1H. The number of nitrogens with zero attached hydrogens (tertiary/aromatic N) is 5. The average Bonchev–Trinajstić information content (AvgIpc) is 2.97. The molecule has 1 aromatic heterocycles. The number of para-hydroxylation sites is 1. The SMILES string of the molecule is CN=C(NCCCOc1ccccc1C)N(C)Cc1ncnn1C.I. The maximum atomic E-state index is 5.80. The van der Waals surface area contributed by atoms with Gasteiger partial charge in [0.15, 0.2) is 5.96 Å². The van der Waals surface area contributed by atoms with E-state index >= 15 is 0 Å². The maximum Gasteiger partial charge on any atom is 0.193 e. The normalized spacial score (nSPS) is 11.0. The third kappa shape index (κ3) is 6.52. The van der Waals surface area contributed by atoms with Crippen LogP contribution >= 0.6 is 24.0 Å². The zero-order valence-corrected chi connectivity index (χ0v) is 17.6. The summed E-state index contributed by atoms with van der Waals surface area (Å²) in [6, 6.07) is 8.05. The molecule has 0 fully saturated rings. The van der Waals surface area contributed by atoms with E-state index in [9.17, 15) is 0 Å². The zero-order valence-electron chi connectivity index (χ0n) is 15.3. The second kappa shape index (κ2) is 10.9. The number of aryl methyl sites for hydroxylation is 2. The number of ether oxygens (including phenoxy) is 1. The lowest BCUT2D eigenvalue weighted by molar-refractivity contribution is 0.308. The Morgan fingerprint density at radius 1 is 1.36 bits per heavy atom. The first-order valence-corrected chi connectivity index (χ1v) is 8.05. The predicted molar refractivity (Wildman–Crippen MR) is 111 cm³/mol. The molecule has 0 bridgehead atoms. The molecule has 1 N–H and O–H groups in total. The summed E-state index contributed by atoms with van der Waals surface area (Å²) in [5, 5.41) is 7.42. The van der Waals surface area contributed by atoms with Gasteiger partial charge in [-0.2, -0.15) is 5.10 Å². The van der Waals surface area contributed by atoms with Gasteiger partial charge in [0, 0.05) is 27.7 Å². The summed E-state index contributed by atoms with van der Waals surface area (Å²) < 4.78 is 7.56. The van der Waals surface area contributed by atoms with E-state index in [-0.39, 0.29) is 24.0 Å². The Kier molecular flexibility index (Phi) is 9.25. The molecule has 25 heavy (non-hydrogen) atoms. The average molecular weight is 458 g/mol. The highest BCUT2D eigenvalue weighted by Crippen LogP contribution is 2.15. The van der Waals surface area contributed by atoms with Crippen molar-refractivity contribution in [2.75, 3.05) is 27.2 Å². The van der Waals surface area contributed by atoms with E-state index in [1.54, 1.807) is 18.1 Å². The third-order valence-corrected chi connectivity index (χ3v) is 3.71. The van der Waals surface area contributed by atoms with Crippen LogP contribution in [0.4, 0.5) is 0 Å². The number of hydrogen-bond acceptors (Lipinski definition) is 4. The molecule has 0 unspecified atom stereocenters. The smallest absolute Gasteiger partial charge is 0.193 e. The van der Waals surface area contributed by atoms with Crippen molar-refractivity contribution in [2.45, 2.75) is 19.9 Å². The Labute approximate surface area is 166 Å². The molecule has 0 atom stereocenters. The predicted octanol–water partition coefficient (Wildman–Crippen LogP) is 2.22. The highest BCUT2D eigenvalue weighted by molar-refractivity contribution is 14.0. The first-order chi connectivity index (χ1) is 11.6. The highest BCUT2D eigenvalue weighted by Gasteiger charge is 2.09. The minimum Gasteiger partial charge on any atom is -0.493 e. The van der Waals surface area contributed by atoms with E-state index in [1.807, 2.05) is 37.2 Å². The molecule has 0 aliphatic carbocycles. The van der Waals surface area contributed by atoms with Gasteiger partial charge in [-0.1, -0.05) is 18.2 Å². The van der Waals surface area contributed by atoms with Crippen LogP contribution in [0.3, 0.4) is 0 Å². The van der Waals surface area contributed by atoms with E-state index in [0.717, 1.165) is 36.1 Å². The molecular formula is C17H27IN6O. The van der Waals surface area contributed by atoms with Crippen molar-refractivity contribution in [1.82, 2.24) is 25.0 Å². The van der Waals surface area contributed by atoms with Gasteiger partial charge in [-0.05, 0) is 25.0 Å². The molecule has 2 aromatic rings. The molecule has 0 spiro atoms. The maximum absolute atomic E-state index is 5.80.